The van der Waals surface area contributed by atoms with Gasteiger partial charge in [0.05, 0.1) is 19.8 Å². The zero-order valence-corrected chi connectivity index (χ0v) is 13.0. The van der Waals surface area contributed by atoms with Gasteiger partial charge in [0.25, 0.3) is 0 Å². The maximum atomic E-state index is 13.6. The van der Waals surface area contributed by atoms with E-state index in [0.29, 0.717) is 6.42 Å². The van der Waals surface area contributed by atoms with Crippen molar-refractivity contribution in [1.29, 1.82) is 0 Å². The van der Waals surface area contributed by atoms with E-state index in [9.17, 15) is 14.3 Å². The lowest BCUT2D eigenvalue weighted by Gasteiger charge is -2.16. The van der Waals surface area contributed by atoms with Crippen LogP contribution in [0.5, 0.6) is 5.75 Å². The molecular formula is C18H20FNO3. The van der Waals surface area contributed by atoms with Gasteiger partial charge in [0.2, 0.25) is 5.91 Å². The zero-order chi connectivity index (χ0) is 16.7. The largest absolute Gasteiger partial charge is 0.494 e. The lowest BCUT2D eigenvalue weighted by Crippen LogP contribution is -2.30. The summed E-state index contributed by atoms with van der Waals surface area (Å²) in [6, 6.07) is 13.5. The van der Waals surface area contributed by atoms with E-state index < -0.39 is 11.9 Å². The average molecular weight is 317 g/mol. The Bertz CT molecular complexity index is 646. The molecule has 0 aliphatic carbocycles. The normalized spacial score (nSPS) is 11.8. The van der Waals surface area contributed by atoms with Crippen molar-refractivity contribution in [2.45, 2.75) is 18.9 Å². The first kappa shape index (κ1) is 17.0. The van der Waals surface area contributed by atoms with E-state index in [2.05, 4.69) is 5.32 Å². The van der Waals surface area contributed by atoms with Crippen molar-refractivity contribution in [1.82, 2.24) is 5.32 Å². The molecule has 1 unspecified atom stereocenters. The third-order valence-corrected chi connectivity index (χ3v) is 3.58. The van der Waals surface area contributed by atoms with Gasteiger partial charge in [-0.25, -0.2) is 4.39 Å². The van der Waals surface area contributed by atoms with Crippen molar-refractivity contribution in [3.63, 3.8) is 0 Å². The molecule has 0 fully saturated rings. The average Bonchev–Trinajstić information content (AvgIpc) is 2.58. The summed E-state index contributed by atoms with van der Waals surface area (Å²) >= 11 is 0. The second kappa shape index (κ2) is 8.29. The number of aliphatic hydroxyl groups excluding tert-OH is 1. The lowest BCUT2D eigenvalue weighted by molar-refractivity contribution is -0.122. The quantitative estimate of drug-likeness (QED) is 0.825. The summed E-state index contributed by atoms with van der Waals surface area (Å²) in [4.78, 5) is 12.0. The van der Waals surface area contributed by atoms with Gasteiger partial charge in [-0.2, -0.15) is 0 Å². The molecule has 4 nitrogen and oxygen atoms in total. The predicted octanol–water partition coefficient (Wildman–Crippen LogP) is 2.62. The van der Waals surface area contributed by atoms with Gasteiger partial charge in [-0.3, -0.25) is 4.79 Å². The highest BCUT2D eigenvalue weighted by Crippen LogP contribution is 2.18. The molecule has 0 spiro atoms. The number of rotatable bonds is 7. The third kappa shape index (κ3) is 4.79. The highest BCUT2D eigenvalue weighted by Gasteiger charge is 2.13. The molecule has 2 rings (SSSR count). The number of carbonyl (C=O) groups excluding carboxylic acids is 1. The van der Waals surface area contributed by atoms with Crippen LogP contribution >= 0.6 is 0 Å². The van der Waals surface area contributed by atoms with Gasteiger partial charge >= 0.3 is 0 Å². The number of ether oxygens (including phenoxy) is 1. The molecular weight excluding hydrogens is 297 g/mol. The monoisotopic (exact) mass is 317 g/mol. The van der Waals surface area contributed by atoms with E-state index in [0.717, 1.165) is 11.1 Å². The van der Waals surface area contributed by atoms with Crippen molar-refractivity contribution < 1.29 is 19.0 Å². The van der Waals surface area contributed by atoms with Crippen molar-refractivity contribution in [3.05, 3.63) is 65.5 Å². The molecule has 0 saturated carbocycles. The maximum Gasteiger partial charge on any atom is 0.220 e. The van der Waals surface area contributed by atoms with E-state index in [4.69, 9.17) is 4.74 Å². The molecule has 0 aliphatic rings. The van der Waals surface area contributed by atoms with Gasteiger partial charge < -0.3 is 15.2 Å². The van der Waals surface area contributed by atoms with Crippen LogP contribution in [0.3, 0.4) is 0 Å². The van der Waals surface area contributed by atoms with Crippen molar-refractivity contribution in [2.75, 3.05) is 13.7 Å². The summed E-state index contributed by atoms with van der Waals surface area (Å²) in [5.74, 6) is -0.449. The third-order valence-electron chi connectivity index (χ3n) is 3.58. The number of methoxy groups -OCH3 is 1. The van der Waals surface area contributed by atoms with Gasteiger partial charge in [0.1, 0.15) is 0 Å². The summed E-state index contributed by atoms with van der Waals surface area (Å²) in [6.45, 7) is -0.174. The maximum absolute atomic E-state index is 13.6. The van der Waals surface area contributed by atoms with Crippen LogP contribution in [0.15, 0.2) is 48.5 Å². The number of benzene rings is 2. The Labute approximate surface area is 134 Å². The molecule has 0 saturated heterocycles. The minimum absolute atomic E-state index is 0.174. The van der Waals surface area contributed by atoms with Gasteiger partial charge in [0.15, 0.2) is 11.6 Å². The number of aliphatic hydroxyl groups is 1. The molecule has 23 heavy (non-hydrogen) atoms. The fraction of sp³-hybridized carbons (Fsp3) is 0.278. The first-order valence-corrected chi connectivity index (χ1v) is 7.41. The summed E-state index contributed by atoms with van der Waals surface area (Å²) in [6.07, 6.45) is 0.634. The molecule has 0 heterocycles. The molecule has 2 aromatic carbocycles. The summed E-state index contributed by atoms with van der Waals surface area (Å²) in [5.41, 5.74) is 1.57. The summed E-state index contributed by atoms with van der Waals surface area (Å²) in [5, 5.41) is 12.2. The van der Waals surface area contributed by atoms with Crippen LogP contribution in [0.4, 0.5) is 4.39 Å². The number of aryl methyl sites for hydroxylation is 1. The Morgan fingerprint density at radius 1 is 1.26 bits per heavy atom. The fourth-order valence-corrected chi connectivity index (χ4v) is 2.31. The van der Waals surface area contributed by atoms with E-state index in [1.165, 1.54) is 13.2 Å². The Hall–Kier alpha value is -2.40. The van der Waals surface area contributed by atoms with Gasteiger partial charge in [-0.1, -0.05) is 36.4 Å². The Morgan fingerprint density at radius 2 is 2.00 bits per heavy atom. The van der Waals surface area contributed by atoms with Gasteiger partial charge in [-0.05, 0) is 29.7 Å². The molecule has 0 aliphatic heterocycles. The molecule has 1 atom stereocenters. The van der Waals surface area contributed by atoms with Gasteiger partial charge in [-0.15, -0.1) is 0 Å². The SMILES string of the molecule is COc1ccc(CCC(=O)NC(CO)c2ccccc2)cc1F. The minimum atomic E-state index is -0.442. The lowest BCUT2D eigenvalue weighted by atomic mass is 10.1. The van der Waals surface area contributed by atoms with Crippen LogP contribution in [0.2, 0.25) is 0 Å². The molecule has 5 heteroatoms. The zero-order valence-electron chi connectivity index (χ0n) is 13.0. The van der Waals surface area contributed by atoms with Crippen LogP contribution < -0.4 is 10.1 Å². The molecule has 0 bridgehead atoms. The van der Waals surface area contributed by atoms with E-state index >= 15 is 0 Å². The van der Waals surface area contributed by atoms with E-state index in [1.807, 2.05) is 30.3 Å². The first-order chi connectivity index (χ1) is 11.1. The number of hydrogen-bond acceptors (Lipinski definition) is 3. The number of nitrogens with one attached hydrogen (secondary N) is 1. The standard InChI is InChI=1S/C18H20FNO3/c1-23-17-9-7-13(11-15(17)19)8-10-18(22)20-16(12-21)14-5-3-2-4-6-14/h2-7,9,11,16,21H,8,10,12H2,1H3,(H,20,22). The molecule has 1 amide bonds. The molecule has 0 radical (unpaired) electrons. The topological polar surface area (TPSA) is 58.6 Å². The van der Waals surface area contributed by atoms with Crippen LogP contribution in [0.25, 0.3) is 0 Å². The molecule has 0 aromatic heterocycles. The Balaban J connectivity index is 1.90. The first-order valence-electron chi connectivity index (χ1n) is 7.41. The van der Waals surface area contributed by atoms with E-state index in [1.54, 1.807) is 12.1 Å². The summed E-state index contributed by atoms with van der Waals surface area (Å²) < 4.78 is 18.5. The minimum Gasteiger partial charge on any atom is -0.494 e. The molecule has 122 valence electrons. The highest BCUT2D eigenvalue weighted by molar-refractivity contribution is 5.76. The van der Waals surface area contributed by atoms with Crippen LogP contribution in [-0.4, -0.2) is 24.7 Å². The number of amides is 1. The van der Waals surface area contributed by atoms with Crippen LogP contribution in [0.1, 0.15) is 23.6 Å². The van der Waals surface area contributed by atoms with Crippen molar-refractivity contribution in [2.24, 2.45) is 0 Å². The summed E-state index contributed by atoms with van der Waals surface area (Å²) in [7, 11) is 1.41. The number of hydrogen-bond donors (Lipinski definition) is 2. The predicted molar refractivity (Wildman–Crippen MR) is 85.7 cm³/mol. The Morgan fingerprint density at radius 3 is 2.61 bits per heavy atom. The van der Waals surface area contributed by atoms with Crippen molar-refractivity contribution in [3.8, 4) is 5.75 Å². The highest BCUT2D eigenvalue weighted by atomic mass is 19.1. The van der Waals surface area contributed by atoms with Gasteiger partial charge in [0, 0.05) is 6.42 Å². The fourth-order valence-electron chi connectivity index (χ4n) is 2.31. The molecule has 2 N–H and O–H groups in total. The number of halogens is 1. The second-order valence-corrected chi connectivity index (χ2v) is 5.18. The van der Waals surface area contributed by atoms with E-state index in [-0.39, 0.29) is 24.7 Å². The van der Waals surface area contributed by atoms with Crippen LogP contribution in [-0.2, 0) is 11.2 Å². The smallest absolute Gasteiger partial charge is 0.220 e. The number of carbonyl (C=O) groups is 1. The Kier molecular flexibility index (Phi) is 6.11. The second-order valence-electron chi connectivity index (χ2n) is 5.18. The van der Waals surface area contributed by atoms with Crippen molar-refractivity contribution >= 4 is 5.91 Å². The van der Waals surface area contributed by atoms with Crippen LogP contribution in [0, 0.1) is 5.82 Å². The molecule has 2 aromatic rings.